The van der Waals surface area contributed by atoms with Crippen LogP contribution in [0.1, 0.15) is 6.42 Å². The number of non-ortho nitro benzene ring substituents is 2. The molecule has 2 aromatic rings. The molecule has 0 aromatic heterocycles. The second-order valence-electron chi connectivity index (χ2n) is 5.24. The van der Waals surface area contributed by atoms with Crippen LogP contribution in [0.3, 0.4) is 0 Å². The van der Waals surface area contributed by atoms with E-state index < -0.39 is 9.85 Å². The molecule has 10 nitrogen and oxygen atoms in total. The Hall–Kier alpha value is -3.56. The van der Waals surface area contributed by atoms with Crippen LogP contribution in [0.2, 0.25) is 0 Å². The molecule has 0 bridgehead atoms. The van der Waals surface area contributed by atoms with Gasteiger partial charge in [-0.05, 0) is 12.1 Å². The van der Waals surface area contributed by atoms with Gasteiger partial charge < -0.3 is 18.9 Å². The monoisotopic (exact) mass is 378 g/mol. The van der Waals surface area contributed by atoms with Gasteiger partial charge in [0.2, 0.25) is 0 Å². The molecule has 0 N–H and O–H groups in total. The Morgan fingerprint density at radius 3 is 1.48 bits per heavy atom. The van der Waals surface area contributed by atoms with Gasteiger partial charge in [0.15, 0.2) is 23.0 Å². The summed E-state index contributed by atoms with van der Waals surface area (Å²) in [5.41, 5.74) is -0.216. The van der Waals surface area contributed by atoms with Crippen LogP contribution in [0.5, 0.6) is 23.0 Å². The molecule has 0 atom stereocenters. The average Bonchev–Trinajstić information content (AvgIpc) is 2.67. The molecule has 0 unspecified atom stereocenters. The van der Waals surface area contributed by atoms with Crippen molar-refractivity contribution in [1.29, 1.82) is 0 Å². The van der Waals surface area contributed by atoms with Crippen LogP contribution in [0.25, 0.3) is 0 Å². The van der Waals surface area contributed by atoms with Crippen LogP contribution < -0.4 is 18.9 Å². The lowest BCUT2D eigenvalue weighted by molar-refractivity contribution is -0.385. The summed E-state index contributed by atoms with van der Waals surface area (Å²) in [5, 5.41) is 21.7. The number of methoxy groups -OCH3 is 2. The number of rotatable bonds is 10. The maximum atomic E-state index is 10.9. The molecular weight excluding hydrogens is 360 g/mol. The van der Waals surface area contributed by atoms with Crippen molar-refractivity contribution >= 4 is 11.4 Å². The van der Waals surface area contributed by atoms with Gasteiger partial charge in [-0.25, -0.2) is 0 Å². The highest BCUT2D eigenvalue weighted by Gasteiger charge is 2.14. The summed E-state index contributed by atoms with van der Waals surface area (Å²) < 4.78 is 21.3. The van der Waals surface area contributed by atoms with E-state index in [-0.39, 0.29) is 36.1 Å². The van der Waals surface area contributed by atoms with Gasteiger partial charge in [0, 0.05) is 18.6 Å². The Morgan fingerprint density at radius 2 is 1.15 bits per heavy atom. The third kappa shape index (κ3) is 5.21. The van der Waals surface area contributed by atoms with Gasteiger partial charge in [-0.3, -0.25) is 20.2 Å². The van der Waals surface area contributed by atoms with Crippen molar-refractivity contribution in [2.45, 2.75) is 6.42 Å². The molecule has 2 rings (SSSR count). The number of ether oxygens (including phenoxy) is 4. The van der Waals surface area contributed by atoms with Crippen LogP contribution in [0.15, 0.2) is 36.4 Å². The molecule has 27 heavy (non-hydrogen) atoms. The maximum absolute atomic E-state index is 10.9. The number of hydrogen-bond acceptors (Lipinski definition) is 8. The van der Waals surface area contributed by atoms with E-state index in [1.54, 1.807) is 0 Å². The van der Waals surface area contributed by atoms with E-state index in [2.05, 4.69) is 0 Å². The van der Waals surface area contributed by atoms with Crippen LogP contribution in [-0.2, 0) is 0 Å². The molecule has 0 aliphatic heterocycles. The quantitative estimate of drug-likeness (QED) is 0.350. The van der Waals surface area contributed by atoms with Gasteiger partial charge in [-0.1, -0.05) is 0 Å². The Labute approximate surface area is 154 Å². The summed E-state index contributed by atoms with van der Waals surface area (Å²) in [7, 11) is 2.87. The van der Waals surface area contributed by atoms with E-state index >= 15 is 0 Å². The highest BCUT2D eigenvalue weighted by Crippen LogP contribution is 2.32. The fourth-order valence-corrected chi connectivity index (χ4v) is 2.21. The largest absolute Gasteiger partial charge is 0.493 e. The lowest BCUT2D eigenvalue weighted by Gasteiger charge is -2.12. The zero-order valence-corrected chi connectivity index (χ0v) is 14.7. The second kappa shape index (κ2) is 9.22. The summed E-state index contributed by atoms with van der Waals surface area (Å²) >= 11 is 0. The summed E-state index contributed by atoms with van der Waals surface area (Å²) in [6.45, 7) is 0.406. The topological polar surface area (TPSA) is 123 Å². The molecule has 0 spiro atoms. The van der Waals surface area contributed by atoms with Crippen LogP contribution in [0, 0.1) is 20.2 Å². The minimum absolute atomic E-state index is 0.108. The van der Waals surface area contributed by atoms with Crippen molar-refractivity contribution in [3.63, 3.8) is 0 Å². The molecule has 0 aliphatic rings. The van der Waals surface area contributed by atoms with Crippen molar-refractivity contribution in [2.75, 3.05) is 27.4 Å². The maximum Gasteiger partial charge on any atom is 0.273 e. The average molecular weight is 378 g/mol. The minimum atomic E-state index is -0.524. The van der Waals surface area contributed by atoms with Gasteiger partial charge in [0.25, 0.3) is 11.4 Å². The zero-order chi connectivity index (χ0) is 19.8. The van der Waals surface area contributed by atoms with Gasteiger partial charge in [0.1, 0.15) is 0 Å². The summed E-state index contributed by atoms with van der Waals surface area (Å²) in [6, 6.07) is 8.12. The summed E-state index contributed by atoms with van der Waals surface area (Å²) in [6.07, 6.45) is 0.428. The van der Waals surface area contributed by atoms with Crippen molar-refractivity contribution in [3.05, 3.63) is 56.6 Å². The fraction of sp³-hybridized carbons (Fsp3) is 0.294. The third-order valence-corrected chi connectivity index (χ3v) is 3.52. The van der Waals surface area contributed by atoms with E-state index in [0.717, 1.165) is 0 Å². The number of nitro benzene ring substituents is 2. The zero-order valence-electron chi connectivity index (χ0n) is 14.7. The van der Waals surface area contributed by atoms with Crippen molar-refractivity contribution in [1.82, 2.24) is 0 Å². The molecule has 0 fully saturated rings. The summed E-state index contributed by atoms with van der Waals surface area (Å²) in [5.74, 6) is 1.25. The van der Waals surface area contributed by atoms with Crippen molar-refractivity contribution < 1.29 is 28.8 Å². The van der Waals surface area contributed by atoms with Crippen LogP contribution in [-0.4, -0.2) is 37.3 Å². The van der Waals surface area contributed by atoms with Gasteiger partial charge in [0.05, 0.1) is 49.4 Å². The van der Waals surface area contributed by atoms with Gasteiger partial charge in [-0.2, -0.15) is 0 Å². The molecule has 144 valence electrons. The Kier molecular flexibility index (Phi) is 6.75. The van der Waals surface area contributed by atoms with E-state index in [4.69, 9.17) is 18.9 Å². The van der Waals surface area contributed by atoms with Crippen LogP contribution in [0.4, 0.5) is 11.4 Å². The van der Waals surface area contributed by atoms with E-state index in [9.17, 15) is 20.2 Å². The number of benzene rings is 2. The Balaban J connectivity index is 1.93. The first-order chi connectivity index (χ1) is 13.0. The molecule has 2 aromatic carbocycles. The lowest BCUT2D eigenvalue weighted by atomic mass is 10.3. The van der Waals surface area contributed by atoms with Gasteiger partial charge >= 0.3 is 0 Å². The van der Waals surface area contributed by atoms with Crippen molar-refractivity contribution in [2.24, 2.45) is 0 Å². The molecule has 0 heterocycles. The molecule has 0 amide bonds. The smallest absolute Gasteiger partial charge is 0.273 e. The molecule has 0 saturated heterocycles. The standard InChI is InChI=1S/C17H18N2O8/c1-24-14-6-4-12(18(20)21)10-16(14)26-8-3-9-27-17-11-13(19(22)23)5-7-15(17)25-2/h4-7,10-11H,3,8-9H2,1-2H3. The van der Waals surface area contributed by atoms with Gasteiger partial charge in [-0.15, -0.1) is 0 Å². The van der Waals surface area contributed by atoms with E-state index in [0.29, 0.717) is 17.9 Å². The number of hydrogen-bond donors (Lipinski definition) is 0. The summed E-state index contributed by atoms with van der Waals surface area (Å²) in [4.78, 5) is 20.7. The van der Waals surface area contributed by atoms with E-state index in [1.807, 2.05) is 0 Å². The highest BCUT2D eigenvalue weighted by atomic mass is 16.6. The molecule has 10 heteroatoms. The SMILES string of the molecule is COc1ccc([N+](=O)[O-])cc1OCCCOc1cc([N+](=O)[O-])ccc1OC. The highest BCUT2D eigenvalue weighted by molar-refractivity contribution is 5.49. The molecule has 0 radical (unpaired) electrons. The van der Waals surface area contributed by atoms with Crippen LogP contribution >= 0.6 is 0 Å². The van der Waals surface area contributed by atoms with Crippen molar-refractivity contribution in [3.8, 4) is 23.0 Å². The number of nitrogens with zero attached hydrogens (tertiary/aromatic N) is 2. The third-order valence-electron chi connectivity index (χ3n) is 3.52. The second-order valence-corrected chi connectivity index (χ2v) is 5.24. The lowest BCUT2D eigenvalue weighted by Crippen LogP contribution is -2.06. The molecular formula is C17H18N2O8. The predicted octanol–water partition coefficient (Wildman–Crippen LogP) is 3.37. The first kappa shape index (κ1) is 19.8. The number of nitro groups is 2. The fourth-order valence-electron chi connectivity index (χ4n) is 2.21. The Bertz CT molecular complexity index is 757. The minimum Gasteiger partial charge on any atom is -0.493 e. The van der Waals surface area contributed by atoms with E-state index in [1.165, 1.54) is 50.6 Å². The molecule has 0 aliphatic carbocycles. The Morgan fingerprint density at radius 1 is 0.741 bits per heavy atom. The predicted molar refractivity (Wildman–Crippen MR) is 94.9 cm³/mol. The first-order valence-electron chi connectivity index (χ1n) is 7.86. The first-order valence-corrected chi connectivity index (χ1v) is 7.86. The normalized spacial score (nSPS) is 10.1. The molecule has 0 saturated carbocycles.